The Labute approximate surface area is 172 Å². The fourth-order valence-electron chi connectivity index (χ4n) is 2.76. The average Bonchev–Trinajstić information content (AvgIpc) is 3.30. The van der Waals surface area contributed by atoms with E-state index in [-0.39, 0.29) is 29.8 Å². The molecule has 148 valence electrons. The normalized spacial score (nSPS) is 11.7. The highest BCUT2D eigenvalue weighted by Crippen LogP contribution is 2.24. The van der Waals surface area contributed by atoms with Crippen LogP contribution in [0.3, 0.4) is 0 Å². The lowest BCUT2D eigenvalue weighted by Gasteiger charge is -2.12. The Morgan fingerprint density at radius 3 is 2.83 bits per heavy atom. The third kappa shape index (κ3) is 5.09. The summed E-state index contributed by atoms with van der Waals surface area (Å²) >= 11 is 6.08. The summed E-state index contributed by atoms with van der Waals surface area (Å²) in [4.78, 5) is 23.4. The van der Waals surface area contributed by atoms with E-state index in [2.05, 4.69) is 15.6 Å². The van der Waals surface area contributed by atoms with E-state index in [1.165, 1.54) is 13.0 Å². The van der Waals surface area contributed by atoms with Crippen LogP contribution in [0.15, 0.2) is 41.1 Å². The minimum absolute atomic E-state index is 0.0699. The number of halogens is 1. The highest BCUT2D eigenvalue weighted by Gasteiger charge is 2.16. The molecule has 1 unspecified atom stereocenters. The number of rotatable bonds is 7. The van der Waals surface area contributed by atoms with Gasteiger partial charge in [-0.25, -0.2) is 0 Å². The number of nitriles is 1. The lowest BCUT2D eigenvalue weighted by atomic mass is 10.1. The van der Waals surface area contributed by atoms with Gasteiger partial charge in [0.1, 0.15) is 17.6 Å². The Hall–Kier alpha value is -3.44. The monoisotopic (exact) mass is 411 g/mol. The van der Waals surface area contributed by atoms with E-state index < -0.39 is 0 Å². The van der Waals surface area contributed by atoms with Gasteiger partial charge in [0, 0.05) is 23.9 Å². The van der Waals surface area contributed by atoms with Gasteiger partial charge in [-0.1, -0.05) is 22.8 Å². The standard InChI is InChI=1S/C20H18ClN5O3/c1-12(23-20(28)19-9-16(29-25-19)7-13(2)27)11-26-6-5-18(24-26)14-3-4-15(10-22)17(21)8-14/h3-6,8-9,12H,7,11H2,1-2H3,(H,23,28). The predicted octanol–water partition coefficient (Wildman–Crippen LogP) is 3.01. The van der Waals surface area contributed by atoms with Gasteiger partial charge < -0.3 is 9.84 Å². The number of nitrogens with one attached hydrogen (secondary N) is 1. The van der Waals surface area contributed by atoms with Crippen molar-refractivity contribution in [1.82, 2.24) is 20.3 Å². The SMILES string of the molecule is CC(=O)Cc1cc(C(=O)NC(C)Cn2ccc(-c3ccc(C#N)c(Cl)c3)n2)no1. The quantitative estimate of drug-likeness (QED) is 0.639. The van der Waals surface area contributed by atoms with Gasteiger partial charge in [-0.15, -0.1) is 0 Å². The van der Waals surface area contributed by atoms with Crippen molar-refractivity contribution in [3.8, 4) is 17.3 Å². The molecule has 2 aromatic heterocycles. The Balaban J connectivity index is 1.61. The molecule has 1 aromatic carbocycles. The molecule has 0 radical (unpaired) electrons. The van der Waals surface area contributed by atoms with E-state index in [4.69, 9.17) is 21.4 Å². The molecular formula is C20H18ClN5O3. The first-order chi connectivity index (χ1) is 13.9. The molecule has 1 atom stereocenters. The van der Waals surface area contributed by atoms with Gasteiger partial charge >= 0.3 is 0 Å². The molecule has 1 N–H and O–H groups in total. The average molecular weight is 412 g/mol. The third-order valence-corrected chi connectivity index (χ3v) is 4.39. The molecule has 3 aromatic rings. The van der Waals surface area contributed by atoms with Crippen LogP contribution in [0.2, 0.25) is 5.02 Å². The fourth-order valence-corrected chi connectivity index (χ4v) is 2.98. The summed E-state index contributed by atoms with van der Waals surface area (Å²) in [5.41, 5.74) is 2.04. The van der Waals surface area contributed by atoms with E-state index in [9.17, 15) is 9.59 Å². The van der Waals surface area contributed by atoms with Crippen LogP contribution in [0.1, 0.15) is 35.7 Å². The van der Waals surface area contributed by atoms with Crippen LogP contribution >= 0.6 is 11.6 Å². The molecular weight excluding hydrogens is 394 g/mol. The van der Waals surface area contributed by atoms with Gasteiger partial charge in [-0.05, 0) is 32.0 Å². The molecule has 0 aliphatic heterocycles. The lowest BCUT2D eigenvalue weighted by Crippen LogP contribution is -2.36. The Kier molecular flexibility index (Phi) is 6.10. The Bertz CT molecular complexity index is 1100. The molecule has 9 heteroatoms. The summed E-state index contributed by atoms with van der Waals surface area (Å²) in [7, 11) is 0. The summed E-state index contributed by atoms with van der Waals surface area (Å²) < 4.78 is 6.70. The van der Waals surface area contributed by atoms with Gasteiger partial charge in [0.25, 0.3) is 5.91 Å². The van der Waals surface area contributed by atoms with Crippen LogP contribution in [0.5, 0.6) is 0 Å². The van der Waals surface area contributed by atoms with E-state index >= 15 is 0 Å². The molecule has 2 heterocycles. The maximum absolute atomic E-state index is 12.3. The first-order valence-corrected chi connectivity index (χ1v) is 9.23. The van der Waals surface area contributed by atoms with Crippen molar-refractivity contribution in [2.45, 2.75) is 32.9 Å². The van der Waals surface area contributed by atoms with E-state index in [1.807, 2.05) is 19.1 Å². The zero-order valence-electron chi connectivity index (χ0n) is 15.8. The molecule has 8 nitrogen and oxygen atoms in total. The van der Waals surface area contributed by atoms with Crippen LogP contribution in [-0.2, 0) is 17.8 Å². The zero-order chi connectivity index (χ0) is 21.0. The number of carbonyl (C=O) groups is 2. The van der Waals surface area contributed by atoms with Crippen molar-refractivity contribution in [3.63, 3.8) is 0 Å². The van der Waals surface area contributed by atoms with Gasteiger partial charge in [0.05, 0.1) is 29.2 Å². The molecule has 0 fully saturated rings. The number of Topliss-reactive ketones (excluding diaryl/α,β-unsaturated/α-hetero) is 1. The summed E-state index contributed by atoms with van der Waals surface area (Å²) in [6.07, 6.45) is 1.90. The molecule has 29 heavy (non-hydrogen) atoms. The largest absolute Gasteiger partial charge is 0.360 e. The van der Waals surface area contributed by atoms with Gasteiger partial charge in [-0.3, -0.25) is 14.3 Å². The van der Waals surface area contributed by atoms with Crippen LogP contribution in [0.4, 0.5) is 0 Å². The molecule has 3 rings (SSSR count). The summed E-state index contributed by atoms with van der Waals surface area (Å²) in [5.74, 6) is -0.102. The molecule has 0 aliphatic carbocycles. The maximum atomic E-state index is 12.3. The molecule has 0 saturated carbocycles. The first kappa shape index (κ1) is 20.3. The maximum Gasteiger partial charge on any atom is 0.273 e. The third-order valence-electron chi connectivity index (χ3n) is 4.08. The second kappa shape index (κ2) is 8.71. The number of hydrogen-bond donors (Lipinski definition) is 1. The number of hydrogen-bond acceptors (Lipinski definition) is 6. The molecule has 1 amide bonds. The summed E-state index contributed by atoms with van der Waals surface area (Å²) in [6.45, 7) is 3.72. The Morgan fingerprint density at radius 1 is 1.34 bits per heavy atom. The Morgan fingerprint density at radius 2 is 2.14 bits per heavy atom. The minimum Gasteiger partial charge on any atom is -0.360 e. The molecule has 0 bridgehead atoms. The number of benzene rings is 1. The smallest absolute Gasteiger partial charge is 0.273 e. The van der Waals surface area contributed by atoms with Gasteiger partial charge in [0.2, 0.25) is 0 Å². The van der Waals surface area contributed by atoms with Crippen LogP contribution in [0.25, 0.3) is 11.3 Å². The van der Waals surface area contributed by atoms with Crippen molar-refractivity contribution in [2.24, 2.45) is 0 Å². The highest BCUT2D eigenvalue weighted by atomic mass is 35.5. The predicted molar refractivity (Wildman–Crippen MR) is 105 cm³/mol. The number of nitrogens with zero attached hydrogens (tertiary/aromatic N) is 4. The lowest BCUT2D eigenvalue weighted by molar-refractivity contribution is -0.116. The number of aromatic nitrogens is 3. The second-order valence-corrected chi connectivity index (χ2v) is 7.07. The number of ketones is 1. The summed E-state index contributed by atoms with van der Waals surface area (Å²) in [5, 5.41) is 20.3. The van der Waals surface area contributed by atoms with Crippen molar-refractivity contribution in [2.75, 3.05) is 0 Å². The number of carbonyl (C=O) groups excluding carboxylic acids is 2. The summed E-state index contributed by atoms with van der Waals surface area (Å²) in [6, 6.07) is 10.2. The van der Waals surface area contributed by atoms with Crippen molar-refractivity contribution in [1.29, 1.82) is 5.26 Å². The van der Waals surface area contributed by atoms with E-state index in [0.29, 0.717) is 28.6 Å². The fraction of sp³-hybridized carbons (Fsp3) is 0.250. The molecule has 0 spiro atoms. The first-order valence-electron chi connectivity index (χ1n) is 8.85. The van der Waals surface area contributed by atoms with E-state index in [0.717, 1.165) is 5.56 Å². The van der Waals surface area contributed by atoms with Gasteiger partial charge in [0.15, 0.2) is 5.69 Å². The van der Waals surface area contributed by atoms with Crippen molar-refractivity contribution in [3.05, 3.63) is 58.6 Å². The van der Waals surface area contributed by atoms with Crippen molar-refractivity contribution >= 4 is 23.3 Å². The van der Waals surface area contributed by atoms with E-state index in [1.54, 1.807) is 29.1 Å². The number of amides is 1. The van der Waals surface area contributed by atoms with Gasteiger partial charge in [-0.2, -0.15) is 10.4 Å². The molecule has 0 saturated heterocycles. The molecule has 0 aliphatic rings. The second-order valence-electron chi connectivity index (χ2n) is 6.66. The minimum atomic E-state index is -0.387. The zero-order valence-corrected chi connectivity index (χ0v) is 16.6. The van der Waals surface area contributed by atoms with Crippen LogP contribution in [0, 0.1) is 11.3 Å². The highest BCUT2D eigenvalue weighted by molar-refractivity contribution is 6.32. The topological polar surface area (TPSA) is 114 Å². The van der Waals surface area contributed by atoms with Crippen LogP contribution < -0.4 is 5.32 Å². The van der Waals surface area contributed by atoms with Crippen molar-refractivity contribution < 1.29 is 14.1 Å². The van der Waals surface area contributed by atoms with Crippen LogP contribution in [-0.4, -0.2) is 32.7 Å².